The van der Waals surface area contributed by atoms with Crippen LogP contribution in [0.15, 0.2) is 18.2 Å². The van der Waals surface area contributed by atoms with E-state index in [0.717, 1.165) is 5.56 Å². The molecule has 0 aliphatic carbocycles. The fraction of sp³-hybridized carbons (Fsp3) is 0.222. The van der Waals surface area contributed by atoms with Gasteiger partial charge in [-0.2, -0.15) is 5.26 Å². The van der Waals surface area contributed by atoms with Gasteiger partial charge in [0.1, 0.15) is 5.75 Å². The van der Waals surface area contributed by atoms with E-state index in [0.29, 0.717) is 17.9 Å². The number of benzene rings is 1. The Bertz CT molecular complexity index is 315. The van der Waals surface area contributed by atoms with E-state index in [-0.39, 0.29) is 0 Å². The molecule has 1 aromatic carbocycles. The smallest absolute Gasteiger partial charge is 0.125 e. The molecule has 0 unspecified atom stereocenters. The van der Waals surface area contributed by atoms with Gasteiger partial charge in [-0.1, -0.05) is 6.07 Å². The third kappa shape index (κ3) is 1.67. The first-order valence-electron chi connectivity index (χ1n) is 3.57. The zero-order valence-corrected chi connectivity index (χ0v) is 6.87. The van der Waals surface area contributed by atoms with Gasteiger partial charge in [-0.05, 0) is 6.07 Å². The van der Waals surface area contributed by atoms with Gasteiger partial charge in [0.2, 0.25) is 0 Å². The lowest BCUT2D eigenvalue weighted by molar-refractivity contribution is 0.411. The van der Waals surface area contributed by atoms with E-state index in [1.165, 1.54) is 0 Å². The van der Waals surface area contributed by atoms with Crippen molar-refractivity contribution in [1.29, 1.82) is 5.26 Å². The molecule has 0 saturated carbocycles. The highest BCUT2D eigenvalue weighted by atomic mass is 16.5. The van der Waals surface area contributed by atoms with Crippen LogP contribution in [0.5, 0.6) is 5.75 Å². The highest BCUT2D eigenvalue weighted by Gasteiger charge is 2.01. The molecular weight excluding hydrogens is 152 g/mol. The van der Waals surface area contributed by atoms with Crippen LogP contribution in [0, 0.1) is 11.3 Å². The summed E-state index contributed by atoms with van der Waals surface area (Å²) < 4.78 is 5.05. The highest BCUT2D eigenvalue weighted by molar-refractivity contribution is 5.49. The molecule has 3 heteroatoms. The Kier molecular flexibility index (Phi) is 2.54. The van der Waals surface area contributed by atoms with Crippen molar-refractivity contribution < 1.29 is 4.74 Å². The lowest BCUT2D eigenvalue weighted by Gasteiger charge is -2.05. The molecule has 1 rings (SSSR count). The minimum atomic E-state index is 0.351. The summed E-state index contributed by atoms with van der Waals surface area (Å²) in [6.45, 7) is 0. The fourth-order valence-electron chi connectivity index (χ4n) is 0.992. The minimum absolute atomic E-state index is 0.351. The van der Waals surface area contributed by atoms with Crippen LogP contribution < -0.4 is 10.5 Å². The summed E-state index contributed by atoms with van der Waals surface area (Å²) in [6, 6.07) is 7.33. The van der Waals surface area contributed by atoms with E-state index >= 15 is 0 Å². The Hall–Kier alpha value is -1.69. The number of nitriles is 1. The van der Waals surface area contributed by atoms with Gasteiger partial charge in [-0.3, -0.25) is 0 Å². The predicted molar refractivity (Wildman–Crippen MR) is 46.7 cm³/mol. The second-order valence-electron chi connectivity index (χ2n) is 2.41. The standard InChI is InChI=1S/C9H10N2O/c1-12-9-6-8(11)3-2-7(9)4-5-10/h2-3,6H,4,11H2,1H3. The maximum Gasteiger partial charge on any atom is 0.125 e. The number of rotatable bonds is 2. The Balaban J connectivity index is 3.04. The van der Waals surface area contributed by atoms with Gasteiger partial charge < -0.3 is 10.5 Å². The summed E-state index contributed by atoms with van der Waals surface area (Å²) >= 11 is 0. The molecular formula is C9H10N2O. The number of methoxy groups -OCH3 is 1. The molecule has 0 amide bonds. The van der Waals surface area contributed by atoms with Gasteiger partial charge in [0.05, 0.1) is 19.6 Å². The third-order valence-corrected chi connectivity index (χ3v) is 1.58. The van der Waals surface area contributed by atoms with Crippen LogP contribution in [0.1, 0.15) is 5.56 Å². The quantitative estimate of drug-likeness (QED) is 0.667. The first-order valence-corrected chi connectivity index (χ1v) is 3.57. The summed E-state index contributed by atoms with van der Waals surface area (Å²) in [5.74, 6) is 0.677. The Morgan fingerprint density at radius 3 is 2.92 bits per heavy atom. The van der Waals surface area contributed by atoms with Gasteiger partial charge in [-0.25, -0.2) is 0 Å². The average Bonchev–Trinajstić information content (AvgIpc) is 2.08. The van der Waals surface area contributed by atoms with Crippen molar-refractivity contribution in [1.82, 2.24) is 0 Å². The van der Waals surface area contributed by atoms with Crippen molar-refractivity contribution in [2.24, 2.45) is 0 Å². The number of hydrogen-bond donors (Lipinski definition) is 1. The SMILES string of the molecule is COc1cc(N)ccc1CC#N. The van der Waals surface area contributed by atoms with E-state index in [1.807, 2.05) is 0 Å². The summed E-state index contributed by atoms with van der Waals surface area (Å²) in [4.78, 5) is 0. The first kappa shape index (κ1) is 8.41. The molecule has 0 bridgehead atoms. The molecule has 0 aromatic heterocycles. The number of hydrogen-bond acceptors (Lipinski definition) is 3. The Morgan fingerprint density at radius 1 is 1.58 bits per heavy atom. The maximum atomic E-state index is 8.47. The summed E-state index contributed by atoms with van der Waals surface area (Å²) in [7, 11) is 1.57. The van der Waals surface area contributed by atoms with Crippen LogP contribution in [-0.4, -0.2) is 7.11 Å². The topological polar surface area (TPSA) is 59.0 Å². The molecule has 3 nitrogen and oxygen atoms in total. The maximum absolute atomic E-state index is 8.47. The largest absolute Gasteiger partial charge is 0.496 e. The molecule has 1 aromatic rings. The molecule has 2 N–H and O–H groups in total. The van der Waals surface area contributed by atoms with Crippen molar-refractivity contribution in [2.75, 3.05) is 12.8 Å². The first-order chi connectivity index (χ1) is 5.77. The van der Waals surface area contributed by atoms with Crippen LogP contribution in [-0.2, 0) is 6.42 Å². The molecule has 0 atom stereocenters. The Morgan fingerprint density at radius 2 is 2.33 bits per heavy atom. The second kappa shape index (κ2) is 3.63. The summed E-state index contributed by atoms with van der Waals surface area (Å²) in [6.07, 6.45) is 0.351. The van der Waals surface area contributed by atoms with E-state index in [9.17, 15) is 0 Å². The molecule has 0 fully saturated rings. The van der Waals surface area contributed by atoms with Crippen molar-refractivity contribution >= 4 is 5.69 Å². The van der Waals surface area contributed by atoms with Crippen LogP contribution in [0.3, 0.4) is 0 Å². The molecule has 0 spiro atoms. The lowest BCUT2D eigenvalue weighted by Crippen LogP contribution is -1.93. The summed E-state index contributed by atoms with van der Waals surface area (Å²) in [5, 5.41) is 8.47. The Labute approximate surface area is 71.4 Å². The molecule has 0 saturated heterocycles. The van der Waals surface area contributed by atoms with Gasteiger partial charge in [0.25, 0.3) is 0 Å². The average molecular weight is 162 g/mol. The van der Waals surface area contributed by atoms with E-state index < -0.39 is 0 Å². The van der Waals surface area contributed by atoms with Crippen LogP contribution in [0.2, 0.25) is 0 Å². The number of nitrogens with zero attached hydrogens (tertiary/aromatic N) is 1. The normalized spacial score (nSPS) is 9.00. The van der Waals surface area contributed by atoms with Gasteiger partial charge in [0.15, 0.2) is 0 Å². The number of ether oxygens (including phenoxy) is 1. The molecule has 0 aliphatic heterocycles. The number of anilines is 1. The number of nitrogens with two attached hydrogens (primary N) is 1. The molecule has 62 valence electrons. The van der Waals surface area contributed by atoms with Crippen LogP contribution in [0.4, 0.5) is 5.69 Å². The molecule has 0 aliphatic rings. The minimum Gasteiger partial charge on any atom is -0.496 e. The lowest BCUT2D eigenvalue weighted by atomic mass is 10.1. The molecule has 0 heterocycles. The van der Waals surface area contributed by atoms with Gasteiger partial charge >= 0.3 is 0 Å². The molecule has 12 heavy (non-hydrogen) atoms. The monoisotopic (exact) mass is 162 g/mol. The summed E-state index contributed by atoms with van der Waals surface area (Å²) in [5.41, 5.74) is 7.05. The van der Waals surface area contributed by atoms with Crippen molar-refractivity contribution in [3.05, 3.63) is 23.8 Å². The second-order valence-corrected chi connectivity index (χ2v) is 2.41. The van der Waals surface area contributed by atoms with Gasteiger partial charge in [0, 0.05) is 17.3 Å². The van der Waals surface area contributed by atoms with E-state index in [1.54, 1.807) is 25.3 Å². The molecule has 0 radical (unpaired) electrons. The van der Waals surface area contributed by atoms with E-state index in [4.69, 9.17) is 15.7 Å². The van der Waals surface area contributed by atoms with E-state index in [2.05, 4.69) is 6.07 Å². The van der Waals surface area contributed by atoms with Crippen LogP contribution in [0.25, 0.3) is 0 Å². The van der Waals surface area contributed by atoms with Crippen molar-refractivity contribution in [3.8, 4) is 11.8 Å². The highest BCUT2D eigenvalue weighted by Crippen LogP contribution is 2.21. The van der Waals surface area contributed by atoms with Crippen molar-refractivity contribution in [3.63, 3.8) is 0 Å². The third-order valence-electron chi connectivity index (χ3n) is 1.58. The van der Waals surface area contributed by atoms with Crippen molar-refractivity contribution in [2.45, 2.75) is 6.42 Å². The fourth-order valence-corrected chi connectivity index (χ4v) is 0.992. The van der Waals surface area contributed by atoms with Gasteiger partial charge in [-0.15, -0.1) is 0 Å². The zero-order valence-electron chi connectivity index (χ0n) is 6.87. The number of nitrogen functional groups attached to an aromatic ring is 1. The van der Waals surface area contributed by atoms with Crippen LogP contribution >= 0.6 is 0 Å². The predicted octanol–water partition coefficient (Wildman–Crippen LogP) is 1.34. The zero-order chi connectivity index (χ0) is 8.97.